The third kappa shape index (κ3) is 3.67. The van der Waals surface area contributed by atoms with Crippen molar-refractivity contribution in [3.8, 4) is 0 Å². The SMILES string of the molecule is CN(C)c1c2ccccc2c(C2C(=O)C(O)C(c3c4ccccc4c(N(C)C)c4ccccc34)C2O)c2ccccc12. The van der Waals surface area contributed by atoms with Gasteiger partial charge in [0, 0.05) is 55.7 Å². The molecule has 0 aliphatic heterocycles. The summed E-state index contributed by atoms with van der Waals surface area (Å²) in [6.07, 6.45) is -2.48. The van der Waals surface area contributed by atoms with Crippen LogP contribution in [0.2, 0.25) is 0 Å². The Morgan fingerprint density at radius 2 is 0.810 bits per heavy atom. The minimum absolute atomic E-state index is 0.342. The quantitative estimate of drug-likeness (QED) is 0.240. The van der Waals surface area contributed by atoms with E-state index in [9.17, 15) is 15.0 Å². The molecule has 210 valence electrons. The predicted octanol–water partition coefficient (Wildman–Crippen LogP) is 6.60. The maximum atomic E-state index is 14.2. The Morgan fingerprint density at radius 1 is 0.500 bits per heavy atom. The van der Waals surface area contributed by atoms with E-state index in [-0.39, 0.29) is 5.78 Å². The van der Waals surface area contributed by atoms with E-state index in [0.717, 1.165) is 65.6 Å². The molecule has 7 rings (SSSR count). The van der Waals surface area contributed by atoms with E-state index in [2.05, 4.69) is 34.1 Å². The molecular formula is C37H34N2O3. The number of hydrogen-bond acceptors (Lipinski definition) is 5. The topological polar surface area (TPSA) is 64.0 Å². The molecule has 2 N–H and O–H groups in total. The lowest BCUT2D eigenvalue weighted by Crippen LogP contribution is -2.24. The third-order valence-electron chi connectivity index (χ3n) is 9.08. The van der Waals surface area contributed by atoms with Crippen molar-refractivity contribution < 1.29 is 15.0 Å². The number of rotatable bonds is 4. The lowest BCUT2D eigenvalue weighted by molar-refractivity contribution is -0.126. The molecule has 5 nitrogen and oxygen atoms in total. The highest BCUT2D eigenvalue weighted by atomic mass is 16.3. The van der Waals surface area contributed by atoms with Crippen LogP contribution in [0.15, 0.2) is 97.1 Å². The van der Waals surface area contributed by atoms with Crippen LogP contribution in [0, 0.1) is 0 Å². The molecule has 0 amide bonds. The van der Waals surface area contributed by atoms with E-state index in [1.807, 2.05) is 101 Å². The van der Waals surface area contributed by atoms with Gasteiger partial charge in [0.1, 0.15) is 6.10 Å². The van der Waals surface area contributed by atoms with E-state index < -0.39 is 24.0 Å². The van der Waals surface area contributed by atoms with Crippen LogP contribution in [0.25, 0.3) is 43.1 Å². The van der Waals surface area contributed by atoms with Gasteiger partial charge in [0.25, 0.3) is 0 Å². The van der Waals surface area contributed by atoms with Crippen LogP contribution in [-0.4, -0.2) is 56.4 Å². The number of aliphatic hydroxyl groups is 2. The first-order valence-electron chi connectivity index (χ1n) is 14.4. The van der Waals surface area contributed by atoms with Gasteiger partial charge in [-0.1, -0.05) is 97.1 Å². The number of carbonyl (C=O) groups is 1. The predicted molar refractivity (Wildman–Crippen MR) is 174 cm³/mol. The molecule has 1 aliphatic carbocycles. The zero-order chi connectivity index (χ0) is 29.3. The second-order valence-corrected chi connectivity index (χ2v) is 11.8. The van der Waals surface area contributed by atoms with Gasteiger partial charge in [-0.2, -0.15) is 0 Å². The average Bonchev–Trinajstić information content (AvgIpc) is 3.20. The first kappa shape index (κ1) is 26.4. The average molecular weight is 555 g/mol. The van der Waals surface area contributed by atoms with Crippen LogP contribution in [0.4, 0.5) is 11.4 Å². The molecular weight excluding hydrogens is 520 g/mol. The van der Waals surface area contributed by atoms with E-state index in [4.69, 9.17) is 0 Å². The van der Waals surface area contributed by atoms with Crippen LogP contribution in [-0.2, 0) is 4.79 Å². The van der Waals surface area contributed by atoms with Crippen LogP contribution < -0.4 is 9.80 Å². The maximum Gasteiger partial charge on any atom is 0.172 e. The number of nitrogens with zero attached hydrogens (tertiary/aromatic N) is 2. The van der Waals surface area contributed by atoms with Gasteiger partial charge in [0.15, 0.2) is 5.78 Å². The Kier molecular flexibility index (Phi) is 6.19. The molecule has 6 aromatic rings. The van der Waals surface area contributed by atoms with Gasteiger partial charge in [-0.05, 0) is 32.7 Å². The molecule has 0 aromatic heterocycles. The van der Waals surface area contributed by atoms with E-state index in [1.165, 1.54) is 0 Å². The Morgan fingerprint density at radius 3 is 1.14 bits per heavy atom. The van der Waals surface area contributed by atoms with Crippen molar-refractivity contribution in [2.75, 3.05) is 38.0 Å². The van der Waals surface area contributed by atoms with Crippen LogP contribution in [0.1, 0.15) is 23.0 Å². The van der Waals surface area contributed by atoms with Gasteiger partial charge < -0.3 is 20.0 Å². The fourth-order valence-electron chi connectivity index (χ4n) is 7.50. The summed E-state index contributed by atoms with van der Waals surface area (Å²) in [7, 11) is 8.11. The number of ketones is 1. The number of Topliss-reactive ketones (excluding diaryl/α,β-unsaturated/α-hetero) is 1. The molecule has 0 spiro atoms. The van der Waals surface area contributed by atoms with Crippen LogP contribution >= 0.6 is 0 Å². The van der Waals surface area contributed by atoms with Crippen molar-refractivity contribution in [2.45, 2.75) is 24.0 Å². The maximum absolute atomic E-state index is 14.2. The molecule has 1 fully saturated rings. The summed E-state index contributed by atoms with van der Waals surface area (Å²) < 4.78 is 0. The van der Waals surface area contributed by atoms with Gasteiger partial charge >= 0.3 is 0 Å². The first-order valence-corrected chi connectivity index (χ1v) is 14.4. The van der Waals surface area contributed by atoms with Crippen molar-refractivity contribution in [1.29, 1.82) is 0 Å². The molecule has 42 heavy (non-hydrogen) atoms. The van der Waals surface area contributed by atoms with E-state index in [0.29, 0.717) is 0 Å². The molecule has 0 bridgehead atoms. The van der Waals surface area contributed by atoms with E-state index >= 15 is 0 Å². The van der Waals surface area contributed by atoms with Crippen LogP contribution in [0.3, 0.4) is 0 Å². The highest BCUT2D eigenvalue weighted by Gasteiger charge is 2.52. The number of hydrogen-bond donors (Lipinski definition) is 2. The number of aliphatic hydroxyl groups excluding tert-OH is 2. The molecule has 4 unspecified atom stereocenters. The molecule has 0 radical (unpaired) electrons. The summed E-state index contributed by atoms with van der Waals surface area (Å²) in [5.74, 6) is -2.02. The molecule has 1 aliphatic rings. The van der Waals surface area contributed by atoms with Crippen molar-refractivity contribution >= 4 is 60.2 Å². The molecule has 6 aromatic carbocycles. The van der Waals surface area contributed by atoms with Crippen molar-refractivity contribution in [1.82, 2.24) is 0 Å². The standard InChI is InChI=1S/C37H34N2O3/c1-38(2)33-25-17-9-5-13-21(25)29(22-14-6-10-18-26(22)33)31-35(40)32(37(42)36(31)41)30-23-15-7-11-19-27(23)34(39(3)4)28-20-12-8-16-24(28)30/h5-20,31-32,35-36,40-41H,1-4H3. The Balaban J connectivity index is 1.53. The normalized spacial score (nSPS) is 20.7. The smallest absolute Gasteiger partial charge is 0.172 e. The number of anilines is 2. The Bertz CT molecular complexity index is 1920. The molecule has 1 saturated carbocycles. The lowest BCUT2D eigenvalue weighted by Gasteiger charge is -2.28. The highest BCUT2D eigenvalue weighted by Crippen LogP contribution is 2.51. The minimum atomic E-state index is -1.35. The van der Waals surface area contributed by atoms with Crippen molar-refractivity contribution in [3.05, 3.63) is 108 Å². The van der Waals surface area contributed by atoms with E-state index in [1.54, 1.807) is 0 Å². The number of benzene rings is 6. The summed E-state index contributed by atoms with van der Waals surface area (Å²) in [6.45, 7) is 0. The minimum Gasteiger partial charge on any atom is -0.391 e. The second kappa shape index (κ2) is 9.83. The summed E-state index contributed by atoms with van der Waals surface area (Å²) in [6, 6.07) is 32.4. The monoisotopic (exact) mass is 554 g/mol. The summed E-state index contributed by atoms with van der Waals surface area (Å²) in [5.41, 5.74) is 3.75. The molecule has 4 atom stereocenters. The van der Waals surface area contributed by atoms with Gasteiger partial charge in [0.2, 0.25) is 0 Å². The molecule has 0 heterocycles. The van der Waals surface area contributed by atoms with Crippen molar-refractivity contribution in [2.24, 2.45) is 0 Å². The number of carbonyl (C=O) groups excluding carboxylic acids is 1. The van der Waals surface area contributed by atoms with Crippen molar-refractivity contribution in [3.63, 3.8) is 0 Å². The number of fused-ring (bicyclic) bond motifs is 4. The second-order valence-electron chi connectivity index (χ2n) is 11.8. The summed E-state index contributed by atoms with van der Waals surface area (Å²) in [4.78, 5) is 18.4. The fourth-order valence-corrected chi connectivity index (χ4v) is 7.50. The van der Waals surface area contributed by atoms with Gasteiger partial charge in [-0.15, -0.1) is 0 Å². The zero-order valence-corrected chi connectivity index (χ0v) is 24.2. The first-order chi connectivity index (χ1) is 20.3. The van der Waals surface area contributed by atoms with Gasteiger partial charge in [-0.25, -0.2) is 0 Å². The largest absolute Gasteiger partial charge is 0.391 e. The Labute approximate surface area is 245 Å². The molecule has 5 heteroatoms. The summed E-state index contributed by atoms with van der Waals surface area (Å²) in [5, 5.41) is 31.9. The summed E-state index contributed by atoms with van der Waals surface area (Å²) >= 11 is 0. The van der Waals surface area contributed by atoms with Crippen LogP contribution in [0.5, 0.6) is 0 Å². The zero-order valence-electron chi connectivity index (χ0n) is 24.2. The van der Waals surface area contributed by atoms with Gasteiger partial charge in [-0.3, -0.25) is 4.79 Å². The molecule has 0 saturated heterocycles. The Hall–Kier alpha value is -4.45. The highest BCUT2D eigenvalue weighted by molar-refractivity contribution is 6.18. The lowest BCUT2D eigenvalue weighted by atomic mass is 9.81. The van der Waals surface area contributed by atoms with Gasteiger partial charge in [0.05, 0.1) is 23.4 Å². The third-order valence-corrected chi connectivity index (χ3v) is 9.08. The fraction of sp³-hybridized carbons (Fsp3) is 0.216.